The molecule has 90 valence electrons. The quantitative estimate of drug-likeness (QED) is 0.828. The molecule has 2 N–H and O–H groups in total. The van der Waals surface area contributed by atoms with E-state index in [9.17, 15) is 5.11 Å². The molecular formula is C13H20ClNO. The van der Waals surface area contributed by atoms with Gasteiger partial charge in [-0.15, -0.1) is 0 Å². The Morgan fingerprint density at radius 2 is 2.12 bits per heavy atom. The van der Waals surface area contributed by atoms with E-state index in [2.05, 4.69) is 19.2 Å². The summed E-state index contributed by atoms with van der Waals surface area (Å²) < 4.78 is 0. The summed E-state index contributed by atoms with van der Waals surface area (Å²) in [5, 5.41) is 13.4. The van der Waals surface area contributed by atoms with Crippen molar-refractivity contribution >= 4 is 17.3 Å². The van der Waals surface area contributed by atoms with Crippen LogP contribution in [0, 0.1) is 12.3 Å². The van der Waals surface area contributed by atoms with Crippen molar-refractivity contribution in [3.05, 3.63) is 28.8 Å². The van der Waals surface area contributed by atoms with Crippen molar-refractivity contribution in [3.8, 4) is 0 Å². The van der Waals surface area contributed by atoms with E-state index in [0.29, 0.717) is 0 Å². The second kappa shape index (κ2) is 5.55. The standard InChI is InChI=1S/C13H20ClNO/c1-4-13(3,9-16)8-15-11-6-5-10(2)12(14)7-11/h5-7,15-16H,4,8-9H2,1-3H3. The van der Waals surface area contributed by atoms with Crippen molar-refractivity contribution in [2.75, 3.05) is 18.5 Å². The Labute approximate surface area is 103 Å². The molecule has 2 nitrogen and oxygen atoms in total. The molecule has 1 rings (SSSR count). The molecule has 0 bridgehead atoms. The predicted molar refractivity (Wildman–Crippen MR) is 70.2 cm³/mol. The van der Waals surface area contributed by atoms with Gasteiger partial charge in [0.25, 0.3) is 0 Å². The number of aliphatic hydroxyl groups is 1. The van der Waals surface area contributed by atoms with E-state index in [1.54, 1.807) is 0 Å². The first-order valence-corrected chi connectivity index (χ1v) is 5.99. The molecule has 0 heterocycles. The number of halogens is 1. The van der Waals surface area contributed by atoms with Gasteiger partial charge in [0.2, 0.25) is 0 Å². The topological polar surface area (TPSA) is 32.3 Å². The maximum Gasteiger partial charge on any atom is 0.0501 e. The summed E-state index contributed by atoms with van der Waals surface area (Å²) in [6, 6.07) is 5.92. The van der Waals surface area contributed by atoms with Crippen molar-refractivity contribution in [2.45, 2.75) is 27.2 Å². The van der Waals surface area contributed by atoms with Crippen LogP contribution in [0.5, 0.6) is 0 Å². The molecule has 16 heavy (non-hydrogen) atoms. The van der Waals surface area contributed by atoms with Gasteiger partial charge < -0.3 is 10.4 Å². The normalized spacial score (nSPS) is 14.6. The van der Waals surface area contributed by atoms with Gasteiger partial charge >= 0.3 is 0 Å². The van der Waals surface area contributed by atoms with Crippen LogP contribution < -0.4 is 5.32 Å². The van der Waals surface area contributed by atoms with E-state index in [-0.39, 0.29) is 12.0 Å². The summed E-state index contributed by atoms with van der Waals surface area (Å²) >= 11 is 6.04. The number of hydrogen-bond donors (Lipinski definition) is 2. The van der Waals surface area contributed by atoms with Gasteiger partial charge in [0.1, 0.15) is 0 Å². The number of hydrogen-bond acceptors (Lipinski definition) is 2. The second-order valence-electron chi connectivity index (χ2n) is 4.64. The molecule has 1 aromatic rings. The van der Waals surface area contributed by atoms with Crippen LogP contribution >= 0.6 is 11.6 Å². The molecule has 0 saturated heterocycles. The van der Waals surface area contributed by atoms with E-state index >= 15 is 0 Å². The van der Waals surface area contributed by atoms with Gasteiger partial charge in [0.15, 0.2) is 0 Å². The van der Waals surface area contributed by atoms with Crippen LogP contribution in [0.1, 0.15) is 25.8 Å². The molecule has 0 aliphatic heterocycles. The fourth-order valence-electron chi connectivity index (χ4n) is 1.31. The molecule has 0 saturated carbocycles. The first-order chi connectivity index (χ1) is 7.50. The number of nitrogens with one attached hydrogen (secondary N) is 1. The number of aryl methyl sites for hydroxylation is 1. The number of benzene rings is 1. The maximum atomic E-state index is 9.30. The molecule has 1 unspecified atom stereocenters. The highest BCUT2D eigenvalue weighted by Gasteiger charge is 2.20. The minimum Gasteiger partial charge on any atom is -0.396 e. The summed E-state index contributed by atoms with van der Waals surface area (Å²) in [6.07, 6.45) is 0.941. The minimum atomic E-state index is -0.0721. The van der Waals surface area contributed by atoms with E-state index in [1.807, 2.05) is 25.1 Å². The Balaban J connectivity index is 2.64. The second-order valence-corrected chi connectivity index (χ2v) is 5.05. The number of rotatable bonds is 5. The van der Waals surface area contributed by atoms with Crippen molar-refractivity contribution in [3.63, 3.8) is 0 Å². The Kier molecular flexibility index (Phi) is 4.63. The zero-order valence-electron chi connectivity index (χ0n) is 10.2. The van der Waals surface area contributed by atoms with Crippen LogP contribution in [0.4, 0.5) is 5.69 Å². The molecule has 1 aromatic carbocycles. The lowest BCUT2D eigenvalue weighted by molar-refractivity contribution is 0.149. The molecule has 1 atom stereocenters. The summed E-state index contributed by atoms with van der Waals surface area (Å²) in [5.41, 5.74) is 2.01. The molecular weight excluding hydrogens is 222 g/mol. The summed E-state index contributed by atoms with van der Waals surface area (Å²) in [6.45, 7) is 7.07. The molecule has 0 fully saturated rings. The Morgan fingerprint density at radius 3 is 2.62 bits per heavy atom. The lowest BCUT2D eigenvalue weighted by atomic mass is 9.88. The zero-order valence-corrected chi connectivity index (χ0v) is 10.9. The van der Waals surface area contributed by atoms with Crippen molar-refractivity contribution in [2.24, 2.45) is 5.41 Å². The van der Waals surface area contributed by atoms with Gasteiger partial charge in [-0.2, -0.15) is 0 Å². The molecule has 0 radical (unpaired) electrons. The third-order valence-electron chi connectivity index (χ3n) is 3.13. The largest absolute Gasteiger partial charge is 0.396 e. The van der Waals surface area contributed by atoms with Crippen LogP contribution in [0.25, 0.3) is 0 Å². The highest BCUT2D eigenvalue weighted by atomic mass is 35.5. The van der Waals surface area contributed by atoms with Gasteiger partial charge in [-0.3, -0.25) is 0 Å². The van der Waals surface area contributed by atoms with Gasteiger partial charge in [-0.25, -0.2) is 0 Å². The SMILES string of the molecule is CCC(C)(CO)CNc1ccc(C)c(Cl)c1. The average Bonchev–Trinajstić information content (AvgIpc) is 2.30. The molecule has 0 aromatic heterocycles. The van der Waals surface area contributed by atoms with Gasteiger partial charge in [-0.1, -0.05) is 31.5 Å². The highest BCUT2D eigenvalue weighted by Crippen LogP contribution is 2.23. The lowest BCUT2D eigenvalue weighted by Gasteiger charge is -2.26. The van der Waals surface area contributed by atoms with Gasteiger partial charge in [-0.05, 0) is 31.0 Å². The lowest BCUT2D eigenvalue weighted by Crippen LogP contribution is -2.29. The van der Waals surface area contributed by atoms with Gasteiger partial charge in [0.05, 0.1) is 6.61 Å². The van der Waals surface area contributed by atoms with Crippen LogP contribution in [0.2, 0.25) is 5.02 Å². The van der Waals surface area contributed by atoms with Crippen LogP contribution in [0.3, 0.4) is 0 Å². The Bertz CT molecular complexity index is 348. The molecule has 0 amide bonds. The zero-order chi connectivity index (χ0) is 12.2. The smallest absolute Gasteiger partial charge is 0.0501 e. The highest BCUT2D eigenvalue weighted by molar-refractivity contribution is 6.31. The van der Waals surface area contributed by atoms with Crippen molar-refractivity contribution < 1.29 is 5.11 Å². The van der Waals surface area contributed by atoms with E-state index in [1.165, 1.54) is 0 Å². The Hall–Kier alpha value is -0.730. The van der Waals surface area contributed by atoms with Crippen molar-refractivity contribution in [1.29, 1.82) is 0 Å². The monoisotopic (exact) mass is 241 g/mol. The third-order valence-corrected chi connectivity index (χ3v) is 3.53. The minimum absolute atomic E-state index is 0.0721. The molecule has 3 heteroatoms. The number of aliphatic hydroxyl groups excluding tert-OH is 1. The van der Waals surface area contributed by atoms with Crippen LogP contribution in [-0.2, 0) is 0 Å². The molecule has 0 aliphatic rings. The predicted octanol–water partition coefficient (Wildman–Crippen LogP) is 3.47. The fraction of sp³-hybridized carbons (Fsp3) is 0.538. The first-order valence-electron chi connectivity index (χ1n) is 5.61. The fourth-order valence-corrected chi connectivity index (χ4v) is 1.49. The van der Waals surface area contributed by atoms with Crippen molar-refractivity contribution in [1.82, 2.24) is 0 Å². The van der Waals surface area contributed by atoms with Crippen LogP contribution in [0.15, 0.2) is 18.2 Å². The van der Waals surface area contributed by atoms with E-state index in [4.69, 9.17) is 11.6 Å². The van der Waals surface area contributed by atoms with Gasteiger partial charge in [0, 0.05) is 22.7 Å². The third kappa shape index (κ3) is 3.39. The summed E-state index contributed by atoms with van der Waals surface area (Å²) in [5.74, 6) is 0. The van der Waals surface area contributed by atoms with E-state index in [0.717, 1.165) is 29.2 Å². The molecule has 0 aliphatic carbocycles. The number of anilines is 1. The van der Waals surface area contributed by atoms with Crippen LogP contribution in [-0.4, -0.2) is 18.3 Å². The summed E-state index contributed by atoms with van der Waals surface area (Å²) in [4.78, 5) is 0. The maximum absolute atomic E-state index is 9.30. The Morgan fingerprint density at radius 1 is 1.44 bits per heavy atom. The van der Waals surface area contributed by atoms with E-state index < -0.39 is 0 Å². The first kappa shape index (κ1) is 13.3. The average molecular weight is 242 g/mol. The molecule has 0 spiro atoms. The summed E-state index contributed by atoms with van der Waals surface area (Å²) in [7, 11) is 0.